The smallest absolute Gasteiger partial charge is 0.250 e. The highest BCUT2D eigenvalue weighted by molar-refractivity contribution is 7.99. The van der Waals surface area contributed by atoms with E-state index in [2.05, 4.69) is 38.9 Å². The Morgan fingerprint density at radius 2 is 1.64 bits per heavy atom. The predicted molar refractivity (Wildman–Crippen MR) is 147 cm³/mol. The van der Waals surface area contributed by atoms with Gasteiger partial charge < -0.3 is 0 Å². The van der Waals surface area contributed by atoms with Crippen molar-refractivity contribution < 1.29 is 4.79 Å². The average molecular weight is 512 g/mol. The molecule has 0 aliphatic heterocycles. The van der Waals surface area contributed by atoms with Gasteiger partial charge in [-0.3, -0.25) is 9.36 Å². The van der Waals surface area contributed by atoms with Crippen LogP contribution in [0.5, 0.6) is 0 Å². The summed E-state index contributed by atoms with van der Waals surface area (Å²) >= 11 is 7.39. The van der Waals surface area contributed by atoms with Crippen molar-refractivity contribution in [1.29, 1.82) is 0 Å². The summed E-state index contributed by atoms with van der Waals surface area (Å²) in [6, 6.07) is 31.4. The minimum atomic E-state index is -0.230. The Kier molecular flexibility index (Phi) is 7.11. The average Bonchev–Trinajstić information content (AvgIpc) is 3.35. The van der Waals surface area contributed by atoms with Crippen LogP contribution in [0.15, 0.2) is 107 Å². The van der Waals surface area contributed by atoms with Gasteiger partial charge in [0.25, 0.3) is 5.91 Å². The largest absolute Gasteiger partial charge is 0.272 e. The monoisotopic (exact) mass is 511 g/mol. The van der Waals surface area contributed by atoms with Crippen LogP contribution in [0.4, 0.5) is 0 Å². The van der Waals surface area contributed by atoms with Crippen molar-refractivity contribution in [3.8, 4) is 17.1 Å². The molecule has 36 heavy (non-hydrogen) atoms. The molecule has 4 aromatic carbocycles. The number of rotatable bonds is 7. The maximum Gasteiger partial charge on any atom is 0.250 e. The number of fused-ring (bicyclic) bond motifs is 1. The molecule has 1 amide bonds. The molecule has 1 heterocycles. The van der Waals surface area contributed by atoms with Crippen molar-refractivity contribution in [3.63, 3.8) is 0 Å². The number of carbonyl (C=O) groups is 1. The van der Waals surface area contributed by atoms with Crippen molar-refractivity contribution in [3.05, 3.63) is 108 Å². The Labute approximate surface area is 218 Å². The zero-order valence-corrected chi connectivity index (χ0v) is 21.0. The fraction of sp³-hybridized carbons (Fsp3) is 0.0714. The Hall–Kier alpha value is -3.94. The van der Waals surface area contributed by atoms with E-state index in [1.807, 2.05) is 90.4 Å². The lowest BCUT2D eigenvalue weighted by Gasteiger charge is -2.10. The first-order valence-corrected chi connectivity index (χ1v) is 12.7. The third-order valence-corrected chi connectivity index (χ3v) is 6.79. The fourth-order valence-corrected chi connectivity index (χ4v) is 4.74. The number of benzene rings is 4. The molecule has 0 aliphatic carbocycles. The van der Waals surface area contributed by atoms with Crippen LogP contribution in [0.25, 0.3) is 27.8 Å². The zero-order valence-electron chi connectivity index (χ0n) is 19.4. The molecule has 0 saturated carbocycles. The summed E-state index contributed by atoms with van der Waals surface area (Å²) < 4.78 is 1.92. The number of halogens is 1. The molecule has 1 N–H and O–H groups in total. The maximum atomic E-state index is 12.7. The molecular formula is C28H22ClN5OS. The number of nitrogens with zero attached hydrogens (tertiary/aromatic N) is 4. The minimum absolute atomic E-state index is 0.132. The van der Waals surface area contributed by atoms with E-state index in [1.54, 1.807) is 0 Å². The molecule has 178 valence electrons. The van der Waals surface area contributed by atoms with Crippen molar-refractivity contribution in [2.24, 2.45) is 5.10 Å². The molecular weight excluding hydrogens is 490 g/mol. The van der Waals surface area contributed by atoms with E-state index >= 15 is 0 Å². The van der Waals surface area contributed by atoms with E-state index in [1.165, 1.54) is 11.8 Å². The first-order valence-electron chi connectivity index (χ1n) is 11.3. The highest BCUT2D eigenvalue weighted by Gasteiger charge is 2.17. The normalized spacial score (nSPS) is 11.6. The lowest BCUT2D eigenvalue weighted by Crippen LogP contribution is -2.21. The van der Waals surface area contributed by atoms with Crippen LogP contribution in [0.3, 0.4) is 0 Å². The van der Waals surface area contributed by atoms with Crippen LogP contribution in [0.1, 0.15) is 12.5 Å². The van der Waals surface area contributed by atoms with E-state index in [0.717, 1.165) is 33.3 Å². The molecule has 0 radical (unpaired) electrons. The molecule has 0 unspecified atom stereocenters. The predicted octanol–water partition coefficient (Wildman–Crippen LogP) is 6.37. The number of nitrogens with one attached hydrogen (secondary N) is 1. The lowest BCUT2D eigenvalue weighted by molar-refractivity contribution is -0.118. The van der Waals surface area contributed by atoms with Gasteiger partial charge in [-0.05, 0) is 42.0 Å². The summed E-state index contributed by atoms with van der Waals surface area (Å²) in [6.45, 7) is 1.89. The van der Waals surface area contributed by atoms with E-state index in [-0.39, 0.29) is 11.7 Å². The minimum Gasteiger partial charge on any atom is -0.272 e. The van der Waals surface area contributed by atoms with Crippen LogP contribution in [-0.2, 0) is 4.79 Å². The van der Waals surface area contributed by atoms with Crippen molar-refractivity contribution in [2.45, 2.75) is 12.1 Å². The Morgan fingerprint density at radius 3 is 2.44 bits per heavy atom. The SMILES string of the molecule is C/C(=N\NC(=O)CSc1nnc(-c2ccccc2)n1-c1ccc(Cl)cc1)c1cccc2ccccc12. The van der Waals surface area contributed by atoms with Gasteiger partial charge >= 0.3 is 0 Å². The van der Waals surface area contributed by atoms with Gasteiger partial charge in [0.1, 0.15) is 0 Å². The number of amides is 1. The van der Waals surface area contributed by atoms with Crippen LogP contribution in [-0.4, -0.2) is 32.1 Å². The van der Waals surface area contributed by atoms with Crippen LogP contribution < -0.4 is 5.43 Å². The molecule has 8 heteroatoms. The van der Waals surface area contributed by atoms with Crippen molar-refractivity contribution in [1.82, 2.24) is 20.2 Å². The Morgan fingerprint density at radius 1 is 0.917 bits per heavy atom. The molecule has 5 aromatic rings. The number of aromatic nitrogens is 3. The van der Waals surface area contributed by atoms with Gasteiger partial charge in [0.15, 0.2) is 11.0 Å². The third kappa shape index (κ3) is 5.17. The van der Waals surface area contributed by atoms with E-state index in [4.69, 9.17) is 11.6 Å². The zero-order chi connectivity index (χ0) is 24.9. The number of hydrazone groups is 1. The van der Waals surface area contributed by atoms with Crippen molar-refractivity contribution >= 4 is 45.8 Å². The molecule has 6 nitrogen and oxygen atoms in total. The summed E-state index contributed by atoms with van der Waals surface area (Å²) in [5, 5.41) is 16.6. The van der Waals surface area contributed by atoms with Gasteiger partial charge in [-0.2, -0.15) is 5.10 Å². The van der Waals surface area contributed by atoms with Gasteiger partial charge in [-0.1, -0.05) is 96.2 Å². The molecule has 0 spiro atoms. The summed E-state index contributed by atoms with van der Waals surface area (Å²) in [4.78, 5) is 12.7. The number of carbonyl (C=O) groups excluding carboxylic acids is 1. The number of thioether (sulfide) groups is 1. The van der Waals surface area contributed by atoms with E-state index in [9.17, 15) is 4.79 Å². The first kappa shape index (κ1) is 23.8. The van der Waals surface area contributed by atoms with Crippen molar-refractivity contribution in [2.75, 3.05) is 5.75 Å². The van der Waals surface area contributed by atoms with Gasteiger partial charge in [0.05, 0.1) is 11.5 Å². The lowest BCUT2D eigenvalue weighted by atomic mass is 10.0. The van der Waals surface area contributed by atoms with Gasteiger partial charge in [-0.15, -0.1) is 10.2 Å². The Balaban J connectivity index is 1.34. The number of hydrogen-bond donors (Lipinski definition) is 1. The number of hydrogen-bond acceptors (Lipinski definition) is 5. The first-order chi connectivity index (χ1) is 17.6. The second kappa shape index (κ2) is 10.8. The maximum absolute atomic E-state index is 12.7. The molecule has 0 aliphatic rings. The highest BCUT2D eigenvalue weighted by Crippen LogP contribution is 2.28. The summed E-state index contributed by atoms with van der Waals surface area (Å²) in [6.07, 6.45) is 0. The van der Waals surface area contributed by atoms with Gasteiger partial charge in [0, 0.05) is 21.8 Å². The molecule has 0 atom stereocenters. The summed E-state index contributed by atoms with van der Waals surface area (Å²) in [7, 11) is 0. The molecule has 0 saturated heterocycles. The van der Waals surface area contributed by atoms with Crippen LogP contribution >= 0.6 is 23.4 Å². The Bertz CT molecular complexity index is 1540. The molecule has 5 rings (SSSR count). The molecule has 0 bridgehead atoms. The molecule has 0 fully saturated rings. The standard InChI is InChI=1S/C28H22ClN5OS/c1-19(24-13-7-11-20-8-5-6-12-25(20)24)30-31-26(35)18-36-28-33-32-27(21-9-3-2-4-10-21)34(28)23-16-14-22(29)15-17-23/h2-17H,18H2,1H3,(H,31,35)/b30-19+. The van der Waals surface area contributed by atoms with Gasteiger partial charge in [-0.25, -0.2) is 5.43 Å². The summed E-state index contributed by atoms with van der Waals surface area (Å²) in [5.41, 5.74) is 6.17. The second-order valence-electron chi connectivity index (χ2n) is 8.03. The second-order valence-corrected chi connectivity index (χ2v) is 9.41. The quantitative estimate of drug-likeness (QED) is 0.156. The van der Waals surface area contributed by atoms with Crippen LogP contribution in [0, 0.1) is 0 Å². The third-order valence-electron chi connectivity index (χ3n) is 5.61. The van der Waals surface area contributed by atoms with Gasteiger partial charge in [0.2, 0.25) is 0 Å². The molecule has 1 aromatic heterocycles. The highest BCUT2D eigenvalue weighted by atomic mass is 35.5. The van der Waals surface area contributed by atoms with E-state index in [0.29, 0.717) is 16.0 Å². The topological polar surface area (TPSA) is 72.2 Å². The van der Waals surface area contributed by atoms with E-state index < -0.39 is 0 Å². The summed E-state index contributed by atoms with van der Waals surface area (Å²) in [5.74, 6) is 0.587. The fourth-order valence-electron chi connectivity index (χ4n) is 3.87. The van der Waals surface area contributed by atoms with Crippen LogP contribution in [0.2, 0.25) is 5.02 Å².